The lowest BCUT2D eigenvalue weighted by Crippen LogP contribution is -2.30. The summed E-state index contributed by atoms with van der Waals surface area (Å²) in [7, 11) is -9.90. The molecule has 3 unspecified atom stereocenters. The van der Waals surface area contributed by atoms with Crippen molar-refractivity contribution in [3.63, 3.8) is 0 Å². The van der Waals surface area contributed by atoms with E-state index < -0.39 is 97.5 Å². The molecule has 19 heteroatoms. The molecule has 0 saturated heterocycles. The van der Waals surface area contributed by atoms with E-state index in [-0.39, 0.29) is 25.7 Å². The third kappa shape index (κ3) is 65.1. The van der Waals surface area contributed by atoms with E-state index in [4.69, 9.17) is 37.0 Å². The fraction of sp³-hybridized carbons (Fsp3) is 0.944. The molecular weight excluding hydrogens is 1200 g/mol. The average Bonchev–Trinajstić information content (AvgIpc) is 3.72. The van der Waals surface area contributed by atoms with Gasteiger partial charge >= 0.3 is 39.5 Å². The number of rotatable bonds is 71. The lowest BCUT2D eigenvalue weighted by molar-refractivity contribution is -0.161. The van der Waals surface area contributed by atoms with Crippen LogP contribution in [0, 0.1) is 11.8 Å². The first-order valence-corrected chi connectivity index (χ1v) is 40.5. The van der Waals surface area contributed by atoms with Gasteiger partial charge < -0.3 is 33.8 Å². The number of ether oxygens (including phenoxy) is 4. The van der Waals surface area contributed by atoms with Gasteiger partial charge in [-0.05, 0) is 37.5 Å². The predicted octanol–water partition coefficient (Wildman–Crippen LogP) is 20.8. The average molecular weight is 1340 g/mol. The molecule has 0 fully saturated rings. The number of aliphatic hydroxyl groups is 1. The third-order valence-corrected chi connectivity index (χ3v) is 19.0. The van der Waals surface area contributed by atoms with Crippen LogP contribution in [-0.4, -0.2) is 96.7 Å². The molecule has 0 aromatic heterocycles. The van der Waals surface area contributed by atoms with E-state index in [1.807, 2.05) is 0 Å². The van der Waals surface area contributed by atoms with Gasteiger partial charge in [0.1, 0.15) is 19.3 Å². The van der Waals surface area contributed by atoms with E-state index in [2.05, 4.69) is 41.5 Å². The van der Waals surface area contributed by atoms with Gasteiger partial charge in [-0.1, -0.05) is 318 Å². The fourth-order valence-electron chi connectivity index (χ4n) is 10.9. The summed E-state index contributed by atoms with van der Waals surface area (Å²) >= 11 is 0. The Labute approximate surface area is 556 Å². The van der Waals surface area contributed by atoms with Crippen LogP contribution in [0.1, 0.15) is 369 Å². The summed E-state index contributed by atoms with van der Waals surface area (Å²) in [6.07, 6.45) is 49.8. The van der Waals surface area contributed by atoms with E-state index in [0.29, 0.717) is 25.7 Å². The molecule has 0 aromatic carbocycles. The Balaban J connectivity index is 5.25. The van der Waals surface area contributed by atoms with Crippen LogP contribution in [0.15, 0.2) is 0 Å². The summed E-state index contributed by atoms with van der Waals surface area (Å²) in [5, 5.41) is 10.6. The lowest BCUT2D eigenvalue weighted by atomic mass is 10.00. The Bertz CT molecular complexity index is 1770. The normalized spacial score (nSPS) is 14.4. The molecule has 0 bridgehead atoms. The van der Waals surface area contributed by atoms with Crippen LogP contribution in [0.2, 0.25) is 0 Å². The Hall–Kier alpha value is -1.94. The van der Waals surface area contributed by atoms with E-state index in [9.17, 15) is 43.2 Å². The van der Waals surface area contributed by atoms with Crippen LogP contribution in [0.5, 0.6) is 0 Å². The van der Waals surface area contributed by atoms with Gasteiger partial charge in [0.05, 0.1) is 26.4 Å². The molecule has 17 nitrogen and oxygen atoms in total. The fourth-order valence-corrected chi connectivity index (χ4v) is 12.5. The maximum absolute atomic E-state index is 13.0. The van der Waals surface area contributed by atoms with E-state index in [1.54, 1.807) is 0 Å². The molecule has 0 aliphatic rings. The molecule has 0 saturated carbocycles. The topological polar surface area (TPSA) is 237 Å². The quantitative estimate of drug-likeness (QED) is 0.0222. The van der Waals surface area contributed by atoms with Crippen molar-refractivity contribution in [2.24, 2.45) is 11.8 Å². The molecule has 0 radical (unpaired) electrons. The Morgan fingerprint density at radius 2 is 0.560 bits per heavy atom. The highest BCUT2D eigenvalue weighted by Crippen LogP contribution is 2.45. The summed E-state index contributed by atoms with van der Waals surface area (Å²) in [6, 6.07) is 0. The highest BCUT2D eigenvalue weighted by Gasteiger charge is 2.30. The molecule has 3 N–H and O–H groups in total. The highest BCUT2D eigenvalue weighted by molar-refractivity contribution is 7.47. The Morgan fingerprint density at radius 3 is 0.835 bits per heavy atom. The maximum Gasteiger partial charge on any atom is 0.472 e. The predicted molar refractivity (Wildman–Crippen MR) is 368 cm³/mol. The van der Waals surface area contributed by atoms with Gasteiger partial charge in [-0.3, -0.25) is 37.3 Å². The van der Waals surface area contributed by atoms with Crippen molar-refractivity contribution in [1.82, 2.24) is 0 Å². The Morgan fingerprint density at radius 1 is 0.319 bits per heavy atom. The number of phosphoric acid groups is 2. The van der Waals surface area contributed by atoms with Gasteiger partial charge in [-0.15, -0.1) is 0 Å². The van der Waals surface area contributed by atoms with Gasteiger partial charge in [-0.25, -0.2) is 9.13 Å². The van der Waals surface area contributed by atoms with Crippen molar-refractivity contribution in [3.8, 4) is 0 Å². The summed E-state index contributed by atoms with van der Waals surface area (Å²) in [5.74, 6) is -0.603. The van der Waals surface area contributed by atoms with Gasteiger partial charge in [0.25, 0.3) is 0 Å². The number of esters is 4. The van der Waals surface area contributed by atoms with Crippen LogP contribution in [-0.2, 0) is 65.4 Å². The molecule has 6 atom stereocenters. The second kappa shape index (κ2) is 64.1. The largest absolute Gasteiger partial charge is 0.472 e. The Kier molecular flexibility index (Phi) is 62.7. The summed E-state index contributed by atoms with van der Waals surface area (Å²) in [4.78, 5) is 72.6. The second-order valence-electron chi connectivity index (χ2n) is 26.7. The molecule has 540 valence electrons. The van der Waals surface area contributed by atoms with Gasteiger partial charge in [0, 0.05) is 25.7 Å². The number of hydrogen-bond acceptors (Lipinski definition) is 15. The minimum absolute atomic E-state index is 0.106. The van der Waals surface area contributed by atoms with Crippen molar-refractivity contribution in [3.05, 3.63) is 0 Å². The molecule has 0 amide bonds. The number of carbonyl (C=O) groups excluding carboxylic acids is 4. The molecule has 0 spiro atoms. The first-order valence-electron chi connectivity index (χ1n) is 37.5. The molecule has 91 heavy (non-hydrogen) atoms. The van der Waals surface area contributed by atoms with Crippen LogP contribution < -0.4 is 0 Å². The van der Waals surface area contributed by atoms with Crippen molar-refractivity contribution in [1.29, 1.82) is 0 Å². The second-order valence-corrected chi connectivity index (χ2v) is 29.6. The summed E-state index contributed by atoms with van der Waals surface area (Å²) in [5.41, 5.74) is 0. The van der Waals surface area contributed by atoms with Crippen LogP contribution in [0.25, 0.3) is 0 Å². The zero-order valence-corrected chi connectivity index (χ0v) is 60.9. The standard InChI is InChI=1S/C72H140O17P2/c1-7-10-12-14-16-18-20-21-24-28-31-35-42-48-54-69(74)82-60-67(88-72(77)57-51-45-37-33-29-25-22-23-27-30-34-40-46-52-64(4)5)62-86-90(78,79)84-58-66(73)59-85-91(80,81)87-63-68(61-83-70(75)55-49-43-39-38-41-47-53-65(6)9-3)89-71(76)56-50-44-36-32-26-19-17-15-13-11-8-2/h64-68,73H,7-63H2,1-6H3,(H,78,79)(H,80,81)/t65?,66-,67-,68-/m1/s1. The van der Waals surface area contributed by atoms with E-state index in [1.165, 1.54) is 180 Å². The van der Waals surface area contributed by atoms with Gasteiger partial charge in [0.2, 0.25) is 0 Å². The van der Waals surface area contributed by atoms with Crippen molar-refractivity contribution in [2.75, 3.05) is 39.6 Å². The van der Waals surface area contributed by atoms with Crippen LogP contribution >= 0.6 is 15.6 Å². The monoisotopic (exact) mass is 1340 g/mol. The van der Waals surface area contributed by atoms with E-state index >= 15 is 0 Å². The minimum atomic E-state index is -4.95. The molecular formula is C72H140O17P2. The SMILES string of the molecule is CCCCCCCCCCCCCCCCC(=O)OC[C@H](COP(=O)(O)OC[C@@H](O)COP(=O)(O)OC[C@@H](COC(=O)CCCCCCCCC(C)CC)OC(=O)CCCCCCCCCCCCC)OC(=O)CCCCCCCCCCCCCCCC(C)C. The first-order chi connectivity index (χ1) is 43.9. The molecule has 0 rings (SSSR count). The van der Waals surface area contributed by atoms with E-state index in [0.717, 1.165) is 108 Å². The third-order valence-electron chi connectivity index (χ3n) is 17.1. The highest BCUT2D eigenvalue weighted by atomic mass is 31.2. The van der Waals surface area contributed by atoms with Crippen molar-refractivity contribution in [2.45, 2.75) is 387 Å². The van der Waals surface area contributed by atoms with Crippen LogP contribution in [0.3, 0.4) is 0 Å². The zero-order chi connectivity index (χ0) is 67.2. The van der Waals surface area contributed by atoms with Gasteiger partial charge in [0.15, 0.2) is 12.2 Å². The maximum atomic E-state index is 13.0. The smallest absolute Gasteiger partial charge is 0.462 e. The molecule has 0 aliphatic carbocycles. The number of unbranched alkanes of at least 4 members (excludes halogenated alkanes) is 40. The lowest BCUT2D eigenvalue weighted by Gasteiger charge is -2.21. The molecule has 0 heterocycles. The molecule has 0 aromatic rings. The number of carbonyl (C=O) groups is 4. The summed E-state index contributed by atoms with van der Waals surface area (Å²) in [6.45, 7) is 9.54. The summed E-state index contributed by atoms with van der Waals surface area (Å²) < 4.78 is 68.4. The van der Waals surface area contributed by atoms with Gasteiger partial charge in [-0.2, -0.15) is 0 Å². The molecule has 0 aliphatic heterocycles. The number of hydrogen-bond donors (Lipinski definition) is 3. The first kappa shape index (κ1) is 89.1. The zero-order valence-electron chi connectivity index (χ0n) is 59.1. The van der Waals surface area contributed by atoms with Crippen molar-refractivity contribution >= 4 is 39.5 Å². The number of aliphatic hydroxyl groups excluding tert-OH is 1. The van der Waals surface area contributed by atoms with Crippen LogP contribution in [0.4, 0.5) is 0 Å². The van der Waals surface area contributed by atoms with Crippen molar-refractivity contribution < 1.29 is 80.2 Å². The number of phosphoric ester groups is 2. The minimum Gasteiger partial charge on any atom is -0.462 e.